The molecule has 0 amide bonds. The minimum absolute atomic E-state index is 0.141. The van der Waals surface area contributed by atoms with Gasteiger partial charge in [-0.1, -0.05) is 25.3 Å². The van der Waals surface area contributed by atoms with E-state index in [2.05, 4.69) is 13.2 Å². The van der Waals surface area contributed by atoms with Crippen LogP contribution in [0.3, 0.4) is 0 Å². The van der Waals surface area contributed by atoms with E-state index in [0.717, 1.165) is 17.8 Å². The summed E-state index contributed by atoms with van der Waals surface area (Å²) < 4.78 is 28.3. The molecule has 0 radical (unpaired) electrons. The van der Waals surface area contributed by atoms with Crippen molar-refractivity contribution in [2.45, 2.75) is 16.7 Å². The number of carbonyl (C=O) groups excluding carboxylic acids is 2. The average Bonchev–Trinajstić information content (AvgIpc) is 2.58. The summed E-state index contributed by atoms with van der Waals surface area (Å²) >= 11 is 1.49. The summed E-state index contributed by atoms with van der Waals surface area (Å²) in [5.74, 6) is -1.63. The monoisotopic (exact) mass is 376 g/mol. The largest absolute Gasteiger partial charge is 0.282 e. The molecule has 0 atom stereocenters. The van der Waals surface area contributed by atoms with Crippen LogP contribution in [0.2, 0.25) is 0 Å². The van der Waals surface area contributed by atoms with Crippen LogP contribution >= 0.6 is 23.5 Å². The van der Waals surface area contributed by atoms with Gasteiger partial charge in [0.1, 0.15) is 11.6 Å². The van der Waals surface area contributed by atoms with Crippen molar-refractivity contribution < 1.29 is 18.4 Å². The van der Waals surface area contributed by atoms with E-state index in [1.807, 2.05) is 0 Å². The number of halogens is 2. The van der Waals surface area contributed by atoms with Gasteiger partial charge in [-0.25, -0.2) is 8.78 Å². The van der Waals surface area contributed by atoms with Crippen LogP contribution in [0, 0.1) is 11.6 Å². The molecule has 0 bridgehead atoms. The van der Waals surface area contributed by atoms with E-state index in [4.69, 9.17) is 0 Å². The summed E-state index contributed by atoms with van der Waals surface area (Å²) in [5.41, 5.74) is 1.38. The molecule has 25 heavy (non-hydrogen) atoms. The Balaban J connectivity index is 2.27. The molecular formula is C19H14F2O2S2. The van der Waals surface area contributed by atoms with Crippen molar-refractivity contribution in [2.24, 2.45) is 0 Å². The zero-order valence-electron chi connectivity index (χ0n) is 13.3. The summed E-state index contributed by atoms with van der Waals surface area (Å²) in [4.78, 5) is 23.3. The molecule has 2 aromatic rings. The molecule has 0 unspecified atom stereocenters. The zero-order valence-corrected chi connectivity index (χ0v) is 15.0. The van der Waals surface area contributed by atoms with Crippen LogP contribution in [0.4, 0.5) is 8.78 Å². The van der Waals surface area contributed by atoms with Gasteiger partial charge in [0.2, 0.25) is 10.2 Å². The first-order valence-corrected chi connectivity index (χ1v) is 8.76. The van der Waals surface area contributed by atoms with Gasteiger partial charge in [-0.3, -0.25) is 9.59 Å². The maximum absolute atomic E-state index is 14.1. The van der Waals surface area contributed by atoms with Crippen LogP contribution in [0.25, 0.3) is 11.1 Å². The van der Waals surface area contributed by atoms with Crippen LogP contribution < -0.4 is 0 Å². The fourth-order valence-corrected chi connectivity index (χ4v) is 3.13. The lowest BCUT2D eigenvalue weighted by atomic mass is 10.1. The molecule has 0 aliphatic rings. The molecule has 0 spiro atoms. The molecule has 2 rings (SSSR count). The zero-order chi connectivity index (χ0) is 18.6. The number of benzene rings is 2. The summed E-state index contributed by atoms with van der Waals surface area (Å²) in [6.45, 7) is 8.49. The van der Waals surface area contributed by atoms with Crippen molar-refractivity contribution in [3.8, 4) is 11.1 Å². The minimum atomic E-state index is -0.814. The highest BCUT2D eigenvalue weighted by molar-refractivity contribution is 8.14. The lowest BCUT2D eigenvalue weighted by Gasteiger charge is -2.08. The Labute approximate surface area is 153 Å². The fraction of sp³-hybridized carbons (Fsp3) is 0.0526. The molecule has 0 saturated heterocycles. The maximum Gasteiger partial charge on any atom is 0.219 e. The van der Waals surface area contributed by atoms with Gasteiger partial charge in [-0.05, 0) is 77.5 Å². The van der Waals surface area contributed by atoms with Gasteiger partial charge in [-0.2, -0.15) is 0 Å². The van der Waals surface area contributed by atoms with Gasteiger partial charge < -0.3 is 0 Å². The molecular weight excluding hydrogens is 362 g/mol. The second-order valence-corrected chi connectivity index (χ2v) is 7.15. The highest BCUT2D eigenvalue weighted by Crippen LogP contribution is 2.32. The first-order valence-electron chi connectivity index (χ1n) is 7.13. The second-order valence-electron chi connectivity index (χ2n) is 5.09. The van der Waals surface area contributed by atoms with Crippen molar-refractivity contribution in [1.29, 1.82) is 0 Å². The van der Waals surface area contributed by atoms with E-state index in [-0.39, 0.29) is 10.0 Å². The summed E-state index contributed by atoms with van der Waals surface area (Å²) in [7, 11) is 0. The van der Waals surface area contributed by atoms with Crippen molar-refractivity contribution in [3.05, 3.63) is 72.8 Å². The Morgan fingerprint density at radius 1 is 1.00 bits per heavy atom. The standard InChI is InChI=1S/C19H14F2O2S2/c1-4-17(22)25-18-15(20)9-13(10-16(18)21)12-5-7-14(8-6-12)24-19(23)11(2)3/h4-10H,1-2H2,3H3. The van der Waals surface area contributed by atoms with Crippen LogP contribution in [0.5, 0.6) is 0 Å². The molecule has 0 N–H and O–H groups in total. The van der Waals surface area contributed by atoms with Crippen molar-refractivity contribution in [1.82, 2.24) is 0 Å². The van der Waals surface area contributed by atoms with E-state index in [9.17, 15) is 18.4 Å². The molecule has 2 aromatic carbocycles. The summed E-state index contributed by atoms with van der Waals surface area (Å²) in [5, 5.41) is -0.674. The highest BCUT2D eigenvalue weighted by Gasteiger charge is 2.15. The predicted molar refractivity (Wildman–Crippen MR) is 98.5 cm³/mol. The van der Waals surface area contributed by atoms with Gasteiger partial charge in [0.25, 0.3) is 0 Å². The van der Waals surface area contributed by atoms with Crippen LogP contribution in [-0.4, -0.2) is 10.2 Å². The number of hydrogen-bond donors (Lipinski definition) is 0. The molecule has 0 heterocycles. The third-order valence-corrected chi connectivity index (χ3v) is 5.12. The van der Waals surface area contributed by atoms with Gasteiger partial charge in [0, 0.05) is 4.90 Å². The Kier molecular flexibility index (Phi) is 6.33. The second kappa shape index (κ2) is 8.27. The Morgan fingerprint density at radius 2 is 1.56 bits per heavy atom. The lowest BCUT2D eigenvalue weighted by Crippen LogP contribution is -1.94. The quantitative estimate of drug-likeness (QED) is 0.500. The normalized spacial score (nSPS) is 10.4. The Bertz CT molecular complexity index is 835. The molecule has 0 aliphatic carbocycles. The van der Waals surface area contributed by atoms with Crippen LogP contribution in [0.1, 0.15) is 6.92 Å². The minimum Gasteiger partial charge on any atom is -0.282 e. The van der Waals surface area contributed by atoms with Crippen molar-refractivity contribution in [3.63, 3.8) is 0 Å². The van der Waals surface area contributed by atoms with E-state index in [1.54, 1.807) is 31.2 Å². The Morgan fingerprint density at radius 3 is 2.04 bits per heavy atom. The molecule has 2 nitrogen and oxygen atoms in total. The number of thioether (sulfide) groups is 2. The van der Waals surface area contributed by atoms with Gasteiger partial charge >= 0.3 is 0 Å². The maximum atomic E-state index is 14.1. The van der Waals surface area contributed by atoms with Crippen molar-refractivity contribution in [2.75, 3.05) is 0 Å². The topological polar surface area (TPSA) is 34.1 Å². The van der Waals surface area contributed by atoms with E-state index >= 15 is 0 Å². The van der Waals surface area contributed by atoms with E-state index < -0.39 is 16.7 Å². The van der Waals surface area contributed by atoms with Crippen molar-refractivity contribution >= 4 is 33.8 Å². The third-order valence-electron chi connectivity index (χ3n) is 3.11. The molecule has 0 aliphatic heterocycles. The SMILES string of the molecule is C=CC(=O)Sc1c(F)cc(-c2ccc(SC(=O)C(=C)C)cc2)cc1F. The first kappa shape index (κ1) is 19.1. The molecule has 0 saturated carbocycles. The lowest BCUT2D eigenvalue weighted by molar-refractivity contribution is -0.108. The van der Waals surface area contributed by atoms with E-state index in [0.29, 0.717) is 33.4 Å². The number of rotatable bonds is 5. The van der Waals surface area contributed by atoms with Crippen LogP contribution in [0.15, 0.2) is 71.0 Å². The number of hydrogen-bond acceptors (Lipinski definition) is 4. The highest BCUT2D eigenvalue weighted by atomic mass is 32.2. The smallest absolute Gasteiger partial charge is 0.219 e. The molecule has 6 heteroatoms. The summed E-state index contributed by atoms with van der Waals surface area (Å²) in [6, 6.07) is 9.07. The van der Waals surface area contributed by atoms with Gasteiger partial charge in [0.05, 0.1) is 4.90 Å². The Hall–Kier alpha value is -2.18. The van der Waals surface area contributed by atoms with Gasteiger partial charge in [-0.15, -0.1) is 0 Å². The predicted octanol–water partition coefficient (Wildman–Crippen LogP) is 5.63. The molecule has 128 valence electrons. The summed E-state index contributed by atoms with van der Waals surface area (Å²) in [6.07, 6.45) is 1.00. The van der Waals surface area contributed by atoms with Crippen LogP contribution in [-0.2, 0) is 9.59 Å². The molecule has 0 fully saturated rings. The molecule has 0 aromatic heterocycles. The van der Waals surface area contributed by atoms with Gasteiger partial charge in [0.15, 0.2) is 0 Å². The van der Waals surface area contributed by atoms with E-state index in [1.165, 1.54) is 12.1 Å². The average molecular weight is 376 g/mol. The third kappa shape index (κ3) is 4.90. The first-order chi connectivity index (χ1) is 11.8. The number of carbonyl (C=O) groups is 2. The fourth-order valence-electron chi connectivity index (χ4n) is 1.88.